The maximum atomic E-state index is 12.8. The van der Waals surface area contributed by atoms with Gasteiger partial charge in [-0.2, -0.15) is 0 Å². The van der Waals surface area contributed by atoms with Crippen LogP contribution in [0.2, 0.25) is 0 Å². The van der Waals surface area contributed by atoms with Gasteiger partial charge in [0.15, 0.2) is 4.34 Å². The Labute approximate surface area is 194 Å². The maximum absolute atomic E-state index is 12.8. The van der Waals surface area contributed by atoms with Crippen LogP contribution in [0.3, 0.4) is 0 Å². The molecule has 0 amide bonds. The molecule has 1 aliphatic rings. The van der Waals surface area contributed by atoms with Crippen LogP contribution in [0.5, 0.6) is 0 Å². The molecule has 14 heteroatoms. The van der Waals surface area contributed by atoms with E-state index in [1.54, 1.807) is 0 Å². The second kappa shape index (κ2) is 9.94. The summed E-state index contributed by atoms with van der Waals surface area (Å²) in [5, 5.41) is 9.47. The molecule has 0 unspecified atom stereocenters. The molecule has 0 saturated carbocycles. The first-order valence-electron chi connectivity index (χ1n) is 9.48. The summed E-state index contributed by atoms with van der Waals surface area (Å²) in [6.45, 7) is 2.89. The number of rotatable bonds is 7. The van der Waals surface area contributed by atoms with Crippen molar-refractivity contribution in [1.82, 2.24) is 20.2 Å². The van der Waals surface area contributed by atoms with Gasteiger partial charge in [-0.25, -0.2) is 9.78 Å². The van der Waals surface area contributed by atoms with Gasteiger partial charge in [0, 0.05) is 18.7 Å². The van der Waals surface area contributed by atoms with Crippen molar-refractivity contribution < 1.29 is 23.8 Å². The van der Waals surface area contributed by atoms with Gasteiger partial charge in [-0.3, -0.25) is 9.59 Å². The third-order valence-electron chi connectivity index (χ3n) is 4.64. The summed E-state index contributed by atoms with van der Waals surface area (Å²) in [5.74, 6) is -0.411. The van der Waals surface area contributed by atoms with E-state index in [9.17, 15) is 14.4 Å². The Morgan fingerprint density at radius 2 is 1.97 bits per heavy atom. The molecule has 1 saturated heterocycles. The summed E-state index contributed by atoms with van der Waals surface area (Å²) in [6.07, 6.45) is -0.227. The first-order chi connectivity index (χ1) is 15.5. The van der Waals surface area contributed by atoms with Crippen LogP contribution in [0.25, 0.3) is 10.2 Å². The highest BCUT2D eigenvalue weighted by atomic mass is 32.2. The average Bonchev–Trinajstić information content (AvgIpc) is 3.43. The van der Waals surface area contributed by atoms with Crippen LogP contribution in [-0.4, -0.2) is 72.6 Å². The summed E-state index contributed by atoms with van der Waals surface area (Å²) in [7, 11) is 2.48. The molecule has 1 fully saturated rings. The molecule has 3 aromatic rings. The van der Waals surface area contributed by atoms with Crippen molar-refractivity contribution >= 4 is 61.7 Å². The fraction of sp³-hybridized carbons (Fsp3) is 0.444. The van der Waals surface area contributed by atoms with Gasteiger partial charge in [0.25, 0.3) is 5.56 Å². The van der Waals surface area contributed by atoms with E-state index in [4.69, 9.17) is 14.2 Å². The normalized spacial score (nSPS) is 14.0. The third-order valence-corrected chi connectivity index (χ3v) is 7.87. The second-order valence-electron chi connectivity index (χ2n) is 6.59. The lowest BCUT2D eigenvalue weighted by Gasteiger charge is -2.25. The Balaban J connectivity index is 1.56. The summed E-state index contributed by atoms with van der Waals surface area (Å²) < 4.78 is 15.6. The van der Waals surface area contributed by atoms with E-state index < -0.39 is 17.5 Å². The minimum atomic E-state index is -0.633. The lowest BCUT2D eigenvalue weighted by Crippen LogP contribution is -2.36. The molecular formula is C18H19N5O6S3. The van der Waals surface area contributed by atoms with Crippen LogP contribution >= 0.6 is 34.4 Å². The predicted molar refractivity (Wildman–Crippen MR) is 120 cm³/mol. The Morgan fingerprint density at radius 3 is 2.69 bits per heavy atom. The molecule has 0 aromatic carbocycles. The van der Waals surface area contributed by atoms with Crippen LogP contribution in [-0.2, 0) is 31.2 Å². The van der Waals surface area contributed by atoms with Gasteiger partial charge in [0.1, 0.15) is 15.5 Å². The van der Waals surface area contributed by atoms with Crippen LogP contribution in [0.4, 0.5) is 5.13 Å². The summed E-state index contributed by atoms with van der Waals surface area (Å²) in [4.78, 5) is 46.7. The van der Waals surface area contributed by atoms with Crippen molar-refractivity contribution in [2.45, 2.75) is 16.5 Å². The minimum absolute atomic E-state index is 0.162. The van der Waals surface area contributed by atoms with E-state index >= 15 is 0 Å². The second-order valence-corrected chi connectivity index (χ2v) is 9.76. The number of fused-ring (bicyclic) bond motifs is 1. The van der Waals surface area contributed by atoms with Crippen molar-refractivity contribution in [1.29, 1.82) is 0 Å². The van der Waals surface area contributed by atoms with Crippen molar-refractivity contribution in [3.8, 4) is 0 Å². The third kappa shape index (κ3) is 4.77. The first-order valence-corrected chi connectivity index (χ1v) is 12.1. The van der Waals surface area contributed by atoms with Crippen LogP contribution in [0.1, 0.15) is 21.1 Å². The van der Waals surface area contributed by atoms with Crippen molar-refractivity contribution in [2.75, 3.05) is 45.4 Å². The van der Waals surface area contributed by atoms with Crippen molar-refractivity contribution in [3.63, 3.8) is 0 Å². The maximum Gasteiger partial charge on any atom is 0.348 e. The fourth-order valence-electron chi connectivity index (χ4n) is 3.09. The van der Waals surface area contributed by atoms with Gasteiger partial charge in [-0.1, -0.05) is 23.1 Å². The minimum Gasteiger partial charge on any atom is -0.469 e. The number of hydrogen-bond donors (Lipinski definition) is 1. The highest BCUT2D eigenvalue weighted by molar-refractivity contribution is 8.00. The number of nitrogens with zero attached hydrogens (tertiary/aromatic N) is 4. The molecule has 1 N–H and O–H groups in total. The molecule has 1 aliphatic heterocycles. The summed E-state index contributed by atoms with van der Waals surface area (Å²) in [5.41, 5.74) is -0.168. The number of thioether (sulfide) groups is 1. The summed E-state index contributed by atoms with van der Waals surface area (Å²) in [6, 6.07) is 0. The van der Waals surface area contributed by atoms with E-state index in [-0.39, 0.29) is 22.2 Å². The molecule has 0 bridgehead atoms. The van der Waals surface area contributed by atoms with Gasteiger partial charge in [0.2, 0.25) is 5.13 Å². The molecule has 0 radical (unpaired) electrons. The van der Waals surface area contributed by atoms with E-state index in [0.29, 0.717) is 29.6 Å². The number of methoxy groups -OCH3 is 2. The molecule has 11 nitrogen and oxygen atoms in total. The quantitative estimate of drug-likeness (QED) is 0.375. The molecule has 4 rings (SSSR count). The number of ether oxygens (including phenoxy) is 3. The molecule has 170 valence electrons. The molecule has 0 aliphatic carbocycles. The molecule has 4 heterocycles. The Morgan fingerprint density at radius 1 is 1.19 bits per heavy atom. The van der Waals surface area contributed by atoms with Crippen LogP contribution < -0.4 is 10.5 Å². The first kappa shape index (κ1) is 22.6. The molecule has 32 heavy (non-hydrogen) atoms. The number of carbonyl (C=O) groups is 2. The van der Waals surface area contributed by atoms with Crippen molar-refractivity contribution in [2.24, 2.45) is 0 Å². The highest BCUT2D eigenvalue weighted by Crippen LogP contribution is 2.32. The zero-order chi connectivity index (χ0) is 22.7. The van der Waals surface area contributed by atoms with Crippen LogP contribution in [0.15, 0.2) is 9.13 Å². The van der Waals surface area contributed by atoms with Crippen LogP contribution in [0, 0.1) is 0 Å². The largest absolute Gasteiger partial charge is 0.469 e. The smallest absolute Gasteiger partial charge is 0.348 e. The number of aromatic amines is 1. The van der Waals surface area contributed by atoms with E-state index in [0.717, 1.165) is 33.9 Å². The Bertz CT molecular complexity index is 1200. The number of aromatic nitrogens is 4. The van der Waals surface area contributed by atoms with Gasteiger partial charge in [-0.05, 0) is 0 Å². The molecule has 3 aromatic heterocycles. The number of esters is 2. The standard InChI is InChI=1S/C18H19N5O6S3/c1-27-11(24)7-9-12-14(25)19-10(20-15(12)31-13(9)16(26)28-2)8-30-18-22-21-17(32-18)23-3-5-29-6-4-23/h3-8H2,1-2H3,(H,19,20,25). The monoisotopic (exact) mass is 497 g/mol. The van der Waals surface area contributed by atoms with Gasteiger partial charge >= 0.3 is 11.9 Å². The Hall–Kier alpha value is -2.55. The number of carbonyl (C=O) groups excluding carboxylic acids is 2. The number of nitrogens with one attached hydrogen (secondary N) is 1. The van der Waals surface area contributed by atoms with Crippen molar-refractivity contribution in [3.05, 3.63) is 26.6 Å². The Kier molecular flexibility index (Phi) is 7.03. The number of hydrogen-bond acceptors (Lipinski definition) is 13. The van der Waals surface area contributed by atoms with E-state index in [1.807, 2.05) is 0 Å². The summed E-state index contributed by atoms with van der Waals surface area (Å²) >= 11 is 3.89. The number of thiophene rings is 1. The number of anilines is 1. The number of morpholine rings is 1. The molecule has 0 atom stereocenters. The highest BCUT2D eigenvalue weighted by Gasteiger charge is 2.25. The van der Waals surface area contributed by atoms with Gasteiger partial charge in [0.05, 0.1) is 45.0 Å². The predicted octanol–water partition coefficient (Wildman–Crippen LogP) is 1.47. The fourth-order valence-corrected chi connectivity index (χ4v) is 5.99. The lowest BCUT2D eigenvalue weighted by atomic mass is 10.1. The molecule has 0 spiro atoms. The molecular weight excluding hydrogens is 478 g/mol. The van der Waals surface area contributed by atoms with E-state index in [1.165, 1.54) is 37.3 Å². The number of H-pyrrole nitrogens is 1. The zero-order valence-corrected chi connectivity index (χ0v) is 19.7. The topological polar surface area (TPSA) is 137 Å². The van der Waals surface area contributed by atoms with Gasteiger partial charge < -0.3 is 24.1 Å². The van der Waals surface area contributed by atoms with E-state index in [2.05, 4.69) is 25.1 Å². The zero-order valence-electron chi connectivity index (χ0n) is 17.2. The van der Waals surface area contributed by atoms with Gasteiger partial charge in [-0.15, -0.1) is 21.5 Å². The average molecular weight is 498 g/mol. The SMILES string of the molecule is COC(=O)Cc1c(C(=O)OC)sc2nc(CSc3nnc(N4CCOCC4)s3)[nH]c(=O)c12. The lowest BCUT2D eigenvalue weighted by molar-refractivity contribution is -0.139.